The number of nitrogens with one attached hydrogen (secondary N) is 1. The number of carbonyl (C=O) groups is 1. The van der Waals surface area contributed by atoms with Gasteiger partial charge in [0.05, 0.1) is 5.69 Å². The maximum atomic E-state index is 12.5. The monoisotopic (exact) mass is 323 g/mol. The number of aromatic nitrogens is 1. The van der Waals surface area contributed by atoms with Crippen LogP contribution in [0, 0.1) is 5.41 Å². The number of anilines is 1. The minimum Gasteiger partial charge on any atom is -0.397 e. The average Bonchev–Trinajstić information content (AvgIpc) is 2.62. The van der Waals surface area contributed by atoms with Crippen molar-refractivity contribution < 1.29 is 4.79 Å². The van der Waals surface area contributed by atoms with Gasteiger partial charge in [0.15, 0.2) is 0 Å². The van der Waals surface area contributed by atoms with Crippen molar-refractivity contribution in [3.63, 3.8) is 0 Å². The van der Waals surface area contributed by atoms with Gasteiger partial charge in [-0.1, -0.05) is 12.1 Å². The summed E-state index contributed by atoms with van der Waals surface area (Å²) in [6.45, 7) is 3.35. The van der Waals surface area contributed by atoms with Crippen molar-refractivity contribution >= 4 is 17.8 Å². The van der Waals surface area contributed by atoms with Gasteiger partial charge in [0.25, 0.3) is 5.91 Å². The van der Waals surface area contributed by atoms with Crippen molar-refractivity contribution in [3.05, 3.63) is 47.8 Å². The van der Waals surface area contributed by atoms with Crippen molar-refractivity contribution in [3.8, 4) is 11.1 Å². The molecule has 0 unspecified atom stereocenters. The average molecular weight is 323 g/mol. The molecule has 24 heavy (non-hydrogen) atoms. The minimum atomic E-state index is 0.0754. The molecule has 0 spiro atoms. The molecule has 6 nitrogen and oxygen atoms in total. The van der Waals surface area contributed by atoms with E-state index in [0.29, 0.717) is 16.9 Å². The number of hydrogen-bond donors (Lipinski definition) is 2. The molecule has 0 saturated carbocycles. The third-order valence-electron chi connectivity index (χ3n) is 4.34. The molecule has 1 fully saturated rings. The summed E-state index contributed by atoms with van der Waals surface area (Å²) in [7, 11) is 2.07. The SMILES string of the molecule is CN1CCN(C(=O)c2ccc(-c3cnc(C=N)c(N)c3)cc2)CC1. The van der Waals surface area contributed by atoms with Crippen LogP contribution in [-0.4, -0.2) is 60.1 Å². The van der Waals surface area contributed by atoms with Gasteiger partial charge in [-0.25, -0.2) is 0 Å². The lowest BCUT2D eigenvalue weighted by Crippen LogP contribution is -2.47. The zero-order valence-corrected chi connectivity index (χ0v) is 13.7. The number of nitrogen functional groups attached to an aromatic ring is 1. The maximum absolute atomic E-state index is 12.5. The van der Waals surface area contributed by atoms with Gasteiger partial charge >= 0.3 is 0 Å². The Morgan fingerprint density at radius 2 is 1.83 bits per heavy atom. The molecule has 6 heteroatoms. The summed E-state index contributed by atoms with van der Waals surface area (Å²) in [5.74, 6) is 0.0754. The fourth-order valence-electron chi connectivity index (χ4n) is 2.77. The van der Waals surface area contributed by atoms with Crippen molar-refractivity contribution in [2.75, 3.05) is 39.0 Å². The first-order valence-corrected chi connectivity index (χ1v) is 7.93. The Morgan fingerprint density at radius 1 is 1.17 bits per heavy atom. The number of benzene rings is 1. The van der Waals surface area contributed by atoms with Gasteiger partial charge in [0.2, 0.25) is 0 Å². The third kappa shape index (κ3) is 3.28. The van der Waals surface area contributed by atoms with Gasteiger partial charge in [-0.15, -0.1) is 0 Å². The first-order valence-electron chi connectivity index (χ1n) is 7.93. The van der Waals surface area contributed by atoms with E-state index in [1.807, 2.05) is 29.2 Å². The highest BCUT2D eigenvalue weighted by Crippen LogP contribution is 2.22. The lowest BCUT2D eigenvalue weighted by Gasteiger charge is -2.32. The maximum Gasteiger partial charge on any atom is 0.253 e. The number of amides is 1. The van der Waals surface area contributed by atoms with Gasteiger partial charge in [-0.3, -0.25) is 9.78 Å². The molecule has 124 valence electrons. The summed E-state index contributed by atoms with van der Waals surface area (Å²) in [5.41, 5.74) is 9.32. The van der Waals surface area contributed by atoms with E-state index >= 15 is 0 Å². The molecule has 3 N–H and O–H groups in total. The van der Waals surface area contributed by atoms with E-state index in [4.69, 9.17) is 11.1 Å². The van der Waals surface area contributed by atoms with Crippen molar-refractivity contribution in [1.29, 1.82) is 5.41 Å². The Bertz CT molecular complexity index is 749. The third-order valence-corrected chi connectivity index (χ3v) is 4.34. The Kier molecular flexibility index (Phi) is 4.57. The molecule has 1 aromatic heterocycles. The molecule has 0 atom stereocenters. The fraction of sp³-hybridized carbons (Fsp3) is 0.278. The summed E-state index contributed by atoms with van der Waals surface area (Å²) < 4.78 is 0. The number of nitrogens with two attached hydrogens (primary N) is 1. The van der Waals surface area contributed by atoms with E-state index in [1.165, 1.54) is 0 Å². The van der Waals surface area contributed by atoms with Crippen LogP contribution in [0.25, 0.3) is 11.1 Å². The second kappa shape index (κ2) is 6.80. The largest absolute Gasteiger partial charge is 0.397 e. The lowest BCUT2D eigenvalue weighted by molar-refractivity contribution is 0.0664. The molecule has 1 amide bonds. The molecule has 1 saturated heterocycles. The summed E-state index contributed by atoms with van der Waals surface area (Å²) in [5, 5.41) is 7.23. The Hall–Kier alpha value is -2.73. The molecular formula is C18H21N5O. The van der Waals surface area contributed by atoms with Crippen LogP contribution in [0.3, 0.4) is 0 Å². The number of piperazine rings is 1. The number of rotatable bonds is 3. The fourth-order valence-corrected chi connectivity index (χ4v) is 2.77. The second-order valence-electron chi connectivity index (χ2n) is 6.02. The molecule has 0 radical (unpaired) electrons. The molecular weight excluding hydrogens is 302 g/mol. The molecule has 2 heterocycles. The zero-order valence-electron chi connectivity index (χ0n) is 13.7. The van der Waals surface area contributed by atoms with E-state index in [2.05, 4.69) is 16.9 Å². The topological polar surface area (TPSA) is 86.3 Å². The lowest BCUT2D eigenvalue weighted by atomic mass is 10.0. The van der Waals surface area contributed by atoms with Crippen molar-refractivity contribution in [2.24, 2.45) is 0 Å². The highest BCUT2D eigenvalue weighted by atomic mass is 16.2. The normalized spacial score (nSPS) is 15.3. The molecule has 0 aliphatic carbocycles. The van der Waals surface area contributed by atoms with Crippen LogP contribution in [-0.2, 0) is 0 Å². The Morgan fingerprint density at radius 3 is 2.42 bits per heavy atom. The molecule has 1 aliphatic heterocycles. The van der Waals surface area contributed by atoms with Gasteiger partial charge < -0.3 is 20.9 Å². The first kappa shape index (κ1) is 16.1. The molecule has 1 aliphatic rings. The van der Waals surface area contributed by atoms with Crippen LogP contribution in [0.15, 0.2) is 36.5 Å². The van der Waals surface area contributed by atoms with Crippen LogP contribution in [0.1, 0.15) is 16.1 Å². The zero-order chi connectivity index (χ0) is 17.1. The van der Waals surface area contributed by atoms with E-state index < -0.39 is 0 Å². The van der Waals surface area contributed by atoms with Crippen LogP contribution >= 0.6 is 0 Å². The van der Waals surface area contributed by atoms with Gasteiger partial charge in [0.1, 0.15) is 5.69 Å². The quantitative estimate of drug-likeness (QED) is 0.842. The van der Waals surface area contributed by atoms with Gasteiger partial charge in [-0.05, 0) is 30.8 Å². The van der Waals surface area contributed by atoms with Crippen LogP contribution in [0.5, 0.6) is 0 Å². The van der Waals surface area contributed by atoms with Crippen LogP contribution < -0.4 is 5.73 Å². The first-order chi connectivity index (χ1) is 11.6. The van der Waals surface area contributed by atoms with E-state index in [0.717, 1.165) is 43.5 Å². The Labute approximate surface area is 141 Å². The van der Waals surface area contributed by atoms with E-state index in [-0.39, 0.29) is 5.91 Å². The number of likely N-dealkylation sites (N-methyl/N-ethyl adjacent to an activating group) is 1. The molecule has 3 rings (SSSR count). The van der Waals surface area contributed by atoms with E-state index in [9.17, 15) is 4.79 Å². The highest BCUT2D eigenvalue weighted by molar-refractivity contribution is 5.95. The Balaban J connectivity index is 1.76. The minimum absolute atomic E-state index is 0.0754. The summed E-state index contributed by atoms with van der Waals surface area (Å²) in [6, 6.07) is 9.30. The predicted octanol–water partition coefficient (Wildman–Crippen LogP) is 1.72. The smallest absolute Gasteiger partial charge is 0.253 e. The van der Waals surface area contributed by atoms with Crippen LogP contribution in [0.2, 0.25) is 0 Å². The second-order valence-corrected chi connectivity index (χ2v) is 6.02. The number of hydrogen-bond acceptors (Lipinski definition) is 5. The molecule has 1 aromatic carbocycles. The van der Waals surface area contributed by atoms with Gasteiger partial charge in [0, 0.05) is 49.7 Å². The van der Waals surface area contributed by atoms with Crippen molar-refractivity contribution in [1.82, 2.24) is 14.8 Å². The van der Waals surface area contributed by atoms with Crippen molar-refractivity contribution in [2.45, 2.75) is 0 Å². The summed E-state index contributed by atoms with van der Waals surface area (Å²) in [4.78, 5) is 20.8. The van der Waals surface area contributed by atoms with Gasteiger partial charge in [-0.2, -0.15) is 0 Å². The number of carbonyl (C=O) groups excluding carboxylic acids is 1. The highest BCUT2D eigenvalue weighted by Gasteiger charge is 2.20. The molecule has 2 aromatic rings. The number of nitrogens with zero attached hydrogens (tertiary/aromatic N) is 3. The predicted molar refractivity (Wildman–Crippen MR) is 95.4 cm³/mol. The number of pyridine rings is 1. The van der Waals surface area contributed by atoms with Crippen LogP contribution in [0.4, 0.5) is 5.69 Å². The summed E-state index contributed by atoms with van der Waals surface area (Å²) >= 11 is 0. The summed E-state index contributed by atoms with van der Waals surface area (Å²) in [6.07, 6.45) is 2.82. The van der Waals surface area contributed by atoms with E-state index in [1.54, 1.807) is 12.3 Å². The molecule has 0 bridgehead atoms. The standard InChI is InChI=1S/C18H21N5O/c1-22-6-8-23(9-7-22)18(24)14-4-2-13(3-5-14)15-10-16(20)17(11-19)21-12-15/h2-5,10-12,19H,6-9,20H2,1H3.